The molecule has 1 aromatic rings. The van der Waals surface area contributed by atoms with Crippen LogP contribution in [-0.4, -0.2) is 6.18 Å². The Hall–Kier alpha value is 0.410. The van der Waals surface area contributed by atoms with E-state index in [4.69, 9.17) is 5.73 Å². The number of thiophene rings is 1. The Bertz CT molecular complexity index is 332. The predicted molar refractivity (Wildman–Crippen MR) is 66.6 cm³/mol. The van der Waals surface area contributed by atoms with E-state index in [-0.39, 0.29) is 12.5 Å². The summed E-state index contributed by atoms with van der Waals surface area (Å²) in [6.45, 7) is 0. The van der Waals surface area contributed by atoms with E-state index in [2.05, 4.69) is 31.9 Å². The van der Waals surface area contributed by atoms with Crippen LogP contribution in [0.2, 0.25) is 0 Å². The van der Waals surface area contributed by atoms with Crippen molar-refractivity contribution in [1.29, 1.82) is 0 Å². The quantitative estimate of drug-likeness (QED) is 0.780. The van der Waals surface area contributed by atoms with Gasteiger partial charge in [0.05, 0.1) is 3.79 Å². The molecular formula is C9H10Br2F3NS. The van der Waals surface area contributed by atoms with Crippen LogP contribution in [0.3, 0.4) is 0 Å². The number of nitrogens with two attached hydrogens (primary N) is 1. The molecule has 92 valence electrons. The van der Waals surface area contributed by atoms with E-state index in [0.717, 1.165) is 13.1 Å². The normalized spacial score (nSPS) is 14.1. The van der Waals surface area contributed by atoms with Gasteiger partial charge in [-0.15, -0.1) is 11.3 Å². The Morgan fingerprint density at radius 1 is 1.38 bits per heavy atom. The standard InChI is InChI=1S/C9H10Br2F3NS/c10-5-4-7(16-8(5)11)6(15)2-1-3-9(12,13)14/h4,6H,1-3,15H2. The third-order valence-electron chi connectivity index (χ3n) is 2.01. The summed E-state index contributed by atoms with van der Waals surface area (Å²) in [5, 5.41) is 0. The van der Waals surface area contributed by atoms with Gasteiger partial charge in [-0.3, -0.25) is 0 Å². The van der Waals surface area contributed by atoms with Crippen molar-refractivity contribution in [2.24, 2.45) is 5.73 Å². The minimum absolute atomic E-state index is 0.0673. The fourth-order valence-electron chi connectivity index (χ4n) is 1.21. The lowest BCUT2D eigenvalue weighted by Gasteiger charge is -2.10. The summed E-state index contributed by atoms with van der Waals surface area (Å²) in [5.41, 5.74) is 5.81. The summed E-state index contributed by atoms with van der Waals surface area (Å²) in [6.07, 6.45) is -4.44. The molecule has 1 aromatic heterocycles. The molecule has 0 aliphatic heterocycles. The molecule has 1 heterocycles. The van der Waals surface area contributed by atoms with Gasteiger partial charge >= 0.3 is 6.18 Å². The Labute approximate surface area is 112 Å². The fraction of sp³-hybridized carbons (Fsp3) is 0.556. The zero-order valence-electron chi connectivity index (χ0n) is 8.15. The van der Waals surface area contributed by atoms with E-state index in [1.807, 2.05) is 6.07 Å². The lowest BCUT2D eigenvalue weighted by atomic mass is 10.1. The number of alkyl halides is 3. The van der Waals surface area contributed by atoms with Gasteiger partial charge in [0, 0.05) is 21.8 Å². The highest BCUT2D eigenvalue weighted by molar-refractivity contribution is 9.13. The highest BCUT2D eigenvalue weighted by atomic mass is 79.9. The maximum Gasteiger partial charge on any atom is 0.389 e. The summed E-state index contributed by atoms with van der Waals surface area (Å²) in [6, 6.07) is 1.52. The van der Waals surface area contributed by atoms with Gasteiger partial charge in [0.25, 0.3) is 0 Å². The molecule has 0 saturated heterocycles. The average Bonchev–Trinajstić information content (AvgIpc) is 2.45. The van der Waals surface area contributed by atoms with Gasteiger partial charge in [-0.1, -0.05) is 0 Å². The first-order valence-electron chi connectivity index (χ1n) is 4.56. The van der Waals surface area contributed by atoms with Crippen molar-refractivity contribution in [1.82, 2.24) is 0 Å². The second kappa shape index (κ2) is 5.84. The Balaban J connectivity index is 2.44. The van der Waals surface area contributed by atoms with E-state index in [1.165, 1.54) is 11.3 Å². The molecule has 16 heavy (non-hydrogen) atoms. The molecule has 1 atom stereocenters. The third kappa shape index (κ3) is 4.73. The largest absolute Gasteiger partial charge is 0.389 e. The first-order chi connectivity index (χ1) is 7.29. The Kier molecular flexibility index (Phi) is 5.28. The topological polar surface area (TPSA) is 26.0 Å². The lowest BCUT2D eigenvalue weighted by molar-refractivity contribution is -0.135. The van der Waals surface area contributed by atoms with Crippen molar-refractivity contribution in [3.05, 3.63) is 19.2 Å². The maximum atomic E-state index is 11.9. The molecule has 0 saturated carbocycles. The van der Waals surface area contributed by atoms with Gasteiger partial charge in [-0.05, 0) is 50.8 Å². The first kappa shape index (κ1) is 14.5. The third-order valence-corrected chi connectivity index (χ3v) is 5.39. The zero-order valence-corrected chi connectivity index (χ0v) is 12.1. The predicted octanol–water partition coefficient (Wildman–Crippen LogP) is 5.01. The van der Waals surface area contributed by atoms with Crippen LogP contribution < -0.4 is 5.73 Å². The highest BCUT2D eigenvalue weighted by Crippen LogP contribution is 2.36. The van der Waals surface area contributed by atoms with Crippen molar-refractivity contribution in [3.63, 3.8) is 0 Å². The lowest BCUT2D eigenvalue weighted by Crippen LogP contribution is -2.12. The van der Waals surface area contributed by atoms with Crippen molar-refractivity contribution in [3.8, 4) is 0 Å². The van der Waals surface area contributed by atoms with Crippen LogP contribution in [0.15, 0.2) is 14.3 Å². The molecule has 1 nitrogen and oxygen atoms in total. The molecule has 0 spiro atoms. The number of hydrogen-bond acceptors (Lipinski definition) is 2. The minimum Gasteiger partial charge on any atom is -0.323 e. The van der Waals surface area contributed by atoms with Crippen molar-refractivity contribution < 1.29 is 13.2 Å². The smallest absolute Gasteiger partial charge is 0.323 e. The Morgan fingerprint density at radius 3 is 2.44 bits per heavy atom. The second-order valence-electron chi connectivity index (χ2n) is 3.38. The summed E-state index contributed by atoms with van der Waals surface area (Å²) in [4.78, 5) is 0.890. The van der Waals surface area contributed by atoms with Crippen LogP contribution in [0.1, 0.15) is 30.2 Å². The molecule has 0 aliphatic carbocycles. The molecule has 2 N–H and O–H groups in total. The molecule has 0 aromatic carbocycles. The van der Waals surface area contributed by atoms with Crippen molar-refractivity contribution >= 4 is 43.2 Å². The van der Waals surface area contributed by atoms with Crippen LogP contribution in [0, 0.1) is 0 Å². The van der Waals surface area contributed by atoms with E-state index in [1.54, 1.807) is 0 Å². The summed E-state index contributed by atoms with van der Waals surface area (Å²) < 4.78 is 37.6. The van der Waals surface area contributed by atoms with Crippen molar-refractivity contribution in [2.45, 2.75) is 31.5 Å². The highest BCUT2D eigenvalue weighted by Gasteiger charge is 2.26. The number of halogens is 5. The maximum absolute atomic E-state index is 11.9. The zero-order chi connectivity index (χ0) is 12.3. The summed E-state index contributed by atoms with van der Waals surface area (Å²) >= 11 is 8.08. The van der Waals surface area contributed by atoms with Crippen LogP contribution in [0.5, 0.6) is 0 Å². The van der Waals surface area contributed by atoms with Gasteiger partial charge in [0.15, 0.2) is 0 Å². The van der Waals surface area contributed by atoms with E-state index in [9.17, 15) is 13.2 Å². The second-order valence-corrected chi connectivity index (χ2v) is 6.64. The minimum atomic E-state index is -4.09. The molecule has 1 rings (SSSR count). The molecule has 0 bridgehead atoms. The van der Waals surface area contributed by atoms with E-state index >= 15 is 0 Å². The van der Waals surface area contributed by atoms with Crippen molar-refractivity contribution in [2.75, 3.05) is 0 Å². The Morgan fingerprint density at radius 2 is 2.00 bits per heavy atom. The number of rotatable bonds is 4. The number of hydrogen-bond donors (Lipinski definition) is 1. The van der Waals surface area contributed by atoms with Gasteiger partial charge < -0.3 is 5.73 Å². The van der Waals surface area contributed by atoms with Crippen LogP contribution in [0.4, 0.5) is 13.2 Å². The molecule has 7 heteroatoms. The van der Waals surface area contributed by atoms with Gasteiger partial charge in [0.2, 0.25) is 0 Å². The van der Waals surface area contributed by atoms with Gasteiger partial charge in [-0.2, -0.15) is 13.2 Å². The summed E-state index contributed by atoms with van der Waals surface area (Å²) in [7, 11) is 0. The first-order valence-corrected chi connectivity index (χ1v) is 6.97. The van der Waals surface area contributed by atoms with E-state index in [0.29, 0.717) is 6.42 Å². The van der Waals surface area contributed by atoms with Crippen LogP contribution >= 0.6 is 43.2 Å². The van der Waals surface area contributed by atoms with Crippen LogP contribution in [0.25, 0.3) is 0 Å². The SMILES string of the molecule is NC(CCCC(F)(F)F)c1cc(Br)c(Br)s1. The molecule has 0 fully saturated rings. The molecule has 1 unspecified atom stereocenters. The van der Waals surface area contributed by atoms with Gasteiger partial charge in [0.1, 0.15) is 0 Å². The molecular weight excluding hydrogens is 371 g/mol. The van der Waals surface area contributed by atoms with Gasteiger partial charge in [-0.25, -0.2) is 0 Å². The fourth-order valence-corrected chi connectivity index (χ4v) is 3.34. The summed E-state index contributed by atoms with van der Waals surface area (Å²) in [5.74, 6) is 0. The molecule has 0 aliphatic rings. The van der Waals surface area contributed by atoms with Crippen LogP contribution in [-0.2, 0) is 0 Å². The molecule has 0 radical (unpaired) electrons. The van der Waals surface area contributed by atoms with E-state index < -0.39 is 12.6 Å². The average molecular weight is 381 g/mol. The monoisotopic (exact) mass is 379 g/mol. The molecule has 0 amide bonds.